The van der Waals surface area contributed by atoms with Gasteiger partial charge < -0.3 is 4.74 Å². The van der Waals surface area contributed by atoms with Crippen LogP contribution in [0.3, 0.4) is 0 Å². The highest BCUT2D eigenvalue weighted by molar-refractivity contribution is 5.81. The van der Waals surface area contributed by atoms with Gasteiger partial charge in [0.2, 0.25) is 0 Å². The number of hydrogen-bond donors (Lipinski definition) is 0. The molecule has 0 fully saturated rings. The fourth-order valence-electron chi connectivity index (χ4n) is 3.53. The van der Waals surface area contributed by atoms with Crippen molar-refractivity contribution in [3.8, 4) is 5.75 Å². The second-order valence-electron chi connectivity index (χ2n) is 8.79. The molecule has 0 aliphatic carbocycles. The maximum absolute atomic E-state index is 13.2. The molecule has 160 valence electrons. The van der Waals surface area contributed by atoms with Crippen LogP contribution in [0.1, 0.15) is 59.9 Å². The van der Waals surface area contributed by atoms with E-state index in [1.807, 2.05) is 13.8 Å². The van der Waals surface area contributed by atoms with Crippen molar-refractivity contribution in [1.29, 1.82) is 0 Å². The second kappa shape index (κ2) is 7.59. The first-order valence-corrected chi connectivity index (χ1v) is 8.84. The Kier molecular flexibility index (Phi) is 6.59. The van der Waals surface area contributed by atoms with Gasteiger partial charge in [-0.15, -0.1) is 0 Å². The van der Waals surface area contributed by atoms with E-state index in [0.717, 1.165) is 12.0 Å². The van der Waals surface area contributed by atoms with Gasteiger partial charge in [-0.25, -0.2) is 0 Å². The monoisotopic (exact) mass is 412 g/mol. The van der Waals surface area contributed by atoms with E-state index in [-0.39, 0.29) is 16.6 Å². The highest BCUT2D eigenvalue weighted by atomic mass is 19.4. The molecule has 28 heavy (non-hydrogen) atoms. The first-order chi connectivity index (χ1) is 12.4. The fourth-order valence-corrected chi connectivity index (χ4v) is 3.53. The van der Waals surface area contributed by atoms with Gasteiger partial charge in [0.05, 0.1) is 0 Å². The molecule has 0 saturated heterocycles. The lowest BCUT2D eigenvalue weighted by Gasteiger charge is -2.34. The van der Waals surface area contributed by atoms with Gasteiger partial charge in [-0.3, -0.25) is 4.79 Å². The van der Waals surface area contributed by atoms with Crippen LogP contribution >= 0.6 is 0 Å². The number of esters is 1. The Balaban J connectivity index is 3.16. The van der Waals surface area contributed by atoms with Crippen LogP contribution in [0.25, 0.3) is 0 Å². The Morgan fingerprint density at radius 2 is 1.29 bits per heavy atom. The van der Waals surface area contributed by atoms with Gasteiger partial charge in [0, 0.05) is 0 Å². The van der Waals surface area contributed by atoms with Gasteiger partial charge in [-0.2, -0.15) is 26.3 Å². The molecule has 0 atom stereocenters. The fraction of sp³-hybridized carbons (Fsp3) is 0.650. The van der Waals surface area contributed by atoms with E-state index in [2.05, 4.69) is 25.5 Å². The minimum atomic E-state index is -5.83. The van der Waals surface area contributed by atoms with Gasteiger partial charge in [0.25, 0.3) is 5.41 Å². The molecule has 0 heterocycles. The number of carbonyl (C=O) groups is 1. The zero-order chi connectivity index (χ0) is 22.2. The van der Waals surface area contributed by atoms with Crippen LogP contribution in [0.5, 0.6) is 5.75 Å². The first-order valence-electron chi connectivity index (χ1n) is 8.84. The normalized spacial score (nSPS) is 14.1. The number of carbonyl (C=O) groups excluding carboxylic acids is 1. The van der Waals surface area contributed by atoms with E-state index < -0.39 is 30.2 Å². The van der Waals surface area contributed by atoms with Crippen LogP contribution in [0.2, 0.25) is 0 Å². The molecule has 2 nitrogen and oxygen atoms in total. The molecule has 0 radical (unpaired) electrons. The van der Waals surface area contributed by atoms with Gasteiger partial charge in [0.1, 0.15) is 5.75 Å². The van der Waals surface area contributed by atoms with Crippen molar-refractivity contribution in [1.82, 2.24) is 0 Å². The zero-order valence-corrected chi connectivity index (χ0v) is 16.8. The summed E-state index contributed by atoms with van der Waals surface area (Å²) in [6.45, 7) is 10.8. The van der Waals surface area contributed by atoms with Crippen LogP contribution in [0, 0.1) is 10.8 Å². The summed E-state index contributed by atoms with van der Waals surface area (Å²) in [5.41, 5.74) is -4.01. The van der Waals surface area contributed by atoms with Gasteiger partial charge in [-0.05, 0) is 41.4 Å². The summed E-state index contributed by atoms with van der Waals surface area (Å²) in [5.74, 6) is -2.75. The molecule has 1 aromatic rings. The summed E-state index contributed by atoms with van der Waals surface area (Å²) in [4.78, 5) is 12.0. The smallest absolute Gasteiger partial charge is 0.413 e. The van der Waals surface area contributed by atoms with Gasteiger partial charge in [-0.1, -0.05) is 53.7 Å². The van der Waals surface area contributed by atoms with Crippen molar-refractivity contribution < 1.29 is 35.9 Å². The minimum absolute atomic E-state index is 0.00871. The van der Waals surface area contributed by atoms with E-state index >= 15 is 0 Å². The summed E-state index contributed by atoms with van der Waals surface area (Å²) in [6, 6.07) is 5.52. The molecule has 0 N–H and O–H groups in total. The van der Waals surface area contributed by atoms with Crippen molar-refractivity contribution in [3.05, 3.63) is 29.8 Å². The maximum atomic E-state index is 13.2. The Hall–Kier alpha value is -1.73. The molecule has 0 unspecified atom stereocenters. The van der Waals surface area contributed by atoms with Crippen molar-refractivity contribution >= 4 is 5.97 Å². The van der Waals surface area contributed by atoms with E-state index in [0.29, 0.717) is 6.92 Å². The average molecular weight is 412 g/mol. The molecule has 0 saturated carbocycles. The summed E-state index contributed by atoms with van der Waals surface area (Å²) >= 11 is 0. The average Bonchev–Trinajstić information content (AvgIpc) is 2.43. The number of benzene rings is 1. The molecule has 8 heteroatoms. The number of alkyl halides is 6. The molecule has 1 aromatic carbocycles. The van der Waals surface area contributed by atoms with Crippen molar-refractivity contribution in [2.75, 3.05) is 0 Å². The number of rotatable bonds is 5. The predicted octanol–water partition coefficient (Wildman–Crippen LogP) is 6.83. The summed E-state index contributed by atoms with van der Waals surface area (Å²) in [5, 5.41) is 0. The lowest BCUT2D eigenvalue weighted by Crippen LogP contribution is -2.56. The van der Waals surface area contributed by atoms with Crippen molar-refractivity contribution in [3.63, 3.8) is 0 Å². The lowest BCUT2D eigenvalue weighted by molar-refractivity contribution is -0.330. The topological polar surface area (TPSA) is 26.3 Å². The van der Waals surface area contributed by atoms with Crippen LogP contribution in [-0.4, -0.2) is 18.3 Å². The Bertz CT molecular complexity index is 665. The third-order valence-electron chi connectivity index (χ3n) is 4.67. The molecule has 0 aromatic heterocycles. The molecule has 0 aliphatic rings. The highest BCUT2D eigenvalue weighted by Crippen LogP contribution is 2.53. The summed E-state index contributed by atoms with van der Waals surface area (Å²) in [6.07, 6.45) is -12.4. The molecule has 0 bridgehead atoms. The molecular formula is C20H26F6O2. The van der Waals surface area contributed by atoms with E-state index in [1.165, 1.54) is 12.1 Å². The van der Waals surface area contributed by atoms with E-state index in [9.17, 15) is 31.1 Å². The highest BCUT2D eigenvalue weighted by Gasteiger charge is 2.75. The van der Waals surface area contributed by atoms with Crippen molar-refractivity contribution in [2.24, 2.45) is 10.8 Å². The van der Waals surface area contributed by atoms with Gasteiger partial charge in [0.15, 0.2) is 0 Å². The summed E-state index contributed by atoms with van der Waals surface area (Å²) in [7, 11) is 0. The number of ether oxygens (including phenoxy) is 1. The van der Waals surface area contributed by atoms with E-state index in [4.69, 9.17) is 0 Å². The third-order valence-corrected chi connectivity index (χ3v) is 4.67. The number of hydrogen-bond acceptors (Lipinski definition) is 2. The predicted molar refractivity (Wildman–Crippen MR) is 94.0 cm³/mol. The van der Waals surface area contributed by atoms with Crippen LogP contribution in [-0.2, 0) is 10.2 Å². The zero-order valence-electron chi connectivity index (χ0n) is 16.8. The Morgan fingerprint density at radius 1 is 0.857 bits per heavy atom. The first kappa shape index (κ1) is 24.3. The molecule has 0 spiro atoms. The molecule has 0 aliphatic heterocycles. The molecular weight excluding hydrogens is 386 g/mol. The van der Waals surface area contributed by atoms with Crippen LogP contribution < -0.4 is 4.74 Å². The van der Waals surface area contributed by atoms with Gasteiger partial charge >= 0.3 is 18.3 Å². The lowest BCUT2D eigenvalue weighted by atomic mass is 9.72. The van der Waals surface area contributed by atoms with E-state index in [1.54, 1.807) is 12.1 Å². The van der Waals surface area contributed by atoms with Crippen molar-refractivity contribution in [2.45, 2.75) is 72.2 Å². The Labute approximate surface area is 161 Å². The Morgan fingerprint density at radius 3 is 1.61 bits per heavy atom. The quantitative estimate of drug-likeness (QED) is 0.301. The van der Waals surface area contributed by atoms with Crippen LogP contribution in [0.4, 0.5) is 26.3 Å². The summed E-state index contributed by atoms with van der Waals surface area (Å²) < 4.78 is 83.6. The largest absolute Gasteiger partial charge is 0.426 e. The minimum Gasteiger partial charge on any atom is -0.426 e. The third kappa shape index (κ3) is 5.00. The number of halogens is 6. The molecule has 0 amide bonds. The van der Waals surface area contributed by atoms with Crippen LogP contribution in [0.15, 0.2) is 24.3 Å². The standard InChI is InChI=1S/C20H26F6O2/c1-7-18(19(21,22)23,20(24,25)26)15(27)28-14-10-8-13(9-11-14)17(5,6)12-16(2,3)4/h8-11H,7,12H2,1-6H3. The SMILES string of the molecule is CCC(C(=O)Oc1ccc(C(C)(C)CC(C)(C)C)cc1)(C(F)(F)F)C(F)(F)F. The second-order valence-corrected chi connectivity index (χ2v) is 8.79. The maximum Gasteiger partial charge on any atom is 0.413 e. The molecule has 1 rings (SSSR count).